The second-order valence-electron chi connectivity index (χ2n) is 9.78. The maximum atomic E-state index is 12.3. The number of hydrogen-bond donors (Lipinski definition) is 1. The molecule has 32 heavy (non-hydrogen) atoms. The van der Waals surface area contributed by atoms with Crippen LogP contribution in [0.1, 0.15) is 44.6 Å². The summed E-state index contributed by atoms with van der Waals surface area (Å²) in [5.41, 5.74) is 2.95. The average molecular weight is 440 g/mol. The standard InChI is InChI=1S/C24H33N5O3/c1-16-9-17(3-6-27(16)15-19-11-20(12-19)32-2)10-18-4-8-29-21(13-18)22(14-25-29)28-7-5-23(30)26-24(28)31/h4,8,13-14,16-17,19-20H,3,5-7,9-12,15H2,1-2H3,(H,26,30,31)/t16-,17+,19-,20+/m0/s1. The summed E-state index contributed by atoms with van der Waals surface area (Å²) in [5, 5.41) is 6.80. The second-order valence-corrected chi connectivity index (χ2v) is 9.78. The Bertz CT molecular complexity index is 999. The molecule has 3 fully saturated rings. The molecule has 5 rings (SSSR count). The summed E-state index contributed by atoms with van der Waals surface area (Å²) in [6, 6.07) is 4.53. The van der Waals surface area contributed by atoms with Gasteiger partial charge in [0.05, 0.1) is 23.5 Å². The molecule has 0 radical (unpaired) electrons. The quantitative estimate of drug-likeness (QED) is 0.749. The molecule has 2 atom stereocenters. The number of anilines is 1. The minimum absolute atomic E-state index is 0.223. The first-order valence-electron chi connectivity index (χ1n) is 11.8. The maximum absolute atomic E-state index is 12.3. The minimum atomic E-state index is -0.369. The van der Waals surface area contributed by atoms with E-state index in [0.29, 0.717) is 31.0 Å². The number of urea groups is 1. The third-order valence-electron chi connectivity index (χ3n) is 7.58. The van der Waals surface area contributed by atoms with Crippen molar-refractivity contribution in [1.29, 1.82) is 0 Å². The minimum Gasteiger partial charge on any atom is -0.381 e. The van der Waals surface area contributed by atoms with Crippen molar-refractivity contribution in [3.8, 4) is 0 Å². The molecule has 4 heterocycles. The number of carbonyl (C=O) groups is 2. The number of piperidine rings is 1. The predicted molar refractivity (Wildman–Crippen MR) is 122 cm³/mol. The van der Waals surface area contributed by atoms with Crippen molar-refractivity contribution in [3.05, 3.63) is 30.1 Å². The van der Waals surface area contributed by atoms with E-state index < -0.39 is 0 Å². The normalized spacial score (nSPS) is 29.2. The number of carbonyl (C=O) groups excluding carboxylic acids is 2. The lowest BCUT2D eigenvalue weighted by Gasteiger charge is -2.43. The summed E-state index contributed by atoms with van der Waals surface area (Å²) in [5.74, 6) is 1.24. The average Bonchev–Trinajstić information content (AvgIpc) is 3.15. The van der Waals surface area contributed by atoms with E-state index in [-0.39, 0.29) is 11.9 Å². The third kappa shape index (κ3) is 4.26. The number of rotatable bonds is 6. The van der Waals surface area contributed by atoms with Crippen molar-refractivity contribution in [2.45, 2.75) is 57.6 Å². The summed E-state index contributed by atoms with van der Waals surface area (Å²) in [6.07, 6.45) is 10.4. The number of amides is 3. The lowest BCUT2D eigenvalue weighted by Crippen LogP contribution is -2.49. The fourth-order valence-electron chi connectivity index (χ4n) is 5.60. The highest BCUT2D eigenvalue weighted by atomic mass is 16.5. The number of nitrogens with one attached hydrogen (secondary N) is 1. The Kier molecular flexibility index (Phi) is 5.90. The van der Waals surface area contributed by atoms with E-state index in [2.05, 4.69) is 34.4 Å². The number of nitrogens with zero attached hydrogens (tertiary/aromatic N) is 4. The van der Waals surface area contributed by atoms with Crippen LogP contribution in [0.5, 0.6) is 0 Å². The van der Waals surface area contributed by atoms with E-state index in [1.54, 1.807) is 15.6 Å². The van der Waals surface area contributed by atoms with Gasteiger partial charge < -0.3 is 9.64 Å². The molecule has 3 amide bonds. The monoisotopic (exact) mass is 439 g/mol. The zero-order chi connectivity index (χ0) is 22.2. The number of imide groups is 1. The van der Waals surface area contributed by atoms with Crippen molar-refractivity contribution in [1.82, 2.24) is 19.8 Å². The number of hydrogen-bond acceptors (Lipinski definition) is 5. The number of fused-ring (bicyclic) bond motifs is 1. The van der Waals surface area contributed by atoms with Crippen LogP contribution in [0, 0.1) is 11.8 Å². The van der Waals surface area contributed by atoms with E-state index in [1.165, 1.54) is 44.3 Å². The van der Waals surface area contributed by atoms with Gasteiger partial charge in [0.25, 0.3) is 0 Å². The van der Waals surface area contributed by atoms with E-state index in [4.69, 9.17) is 4.74 Å². The summed E-state index contributed by atoms with van der Waals surface area (Å²) >= 11 is 0. The molecule has 1 aliphatic carbocycles. The number of ether oxygens (including phenoxy) is 1. The summed E-state index contributed by atoms with van der Waals surface area (Å²) in [7, 11) is 1.82. The molecule has 2 aromatic heterocycles. The van der Waals surface area contributed by atoms with Gasteiger partial charge in [0, 0.05) is 38.9 Å². The highest BCUT2D eigenvalue weighted by molar-refractivity contribution is 6.07. The lowest BCUT2D eigenvalue weighted by atomic mass is 9.80. The Morgan fingerprint density at radius 2 is 2.03 bits per heavy atom. The van der Waals surface area contributed by atoms with Crippen LogP contribution in [0.25, 0.3) is 5.52 Å². The Morgan fingerprint density at radius 1 is 1.19 bits per heavy atom. The Morgan fingerprint density at radius 3 is 2.78 bits per heavy atom. The molecule has 8 heteroatoms. The first kappa shape index (κ1) is 21.4. The van der Waals surface area contributed by atoms with Crippen LogP contribution in [0.3, 0.4) is 0 Å². The number of likely N-dealkylation sites (tertiary alicyclic amines) is 1. The van der Waals surface area contributed by atoms with Crippen molar-refractivity contribution >= 4 is 23.1 Å². The second kappa shape index (κ2) is 8.83. The van der Waals surface area contributed by atoms with E-state index in [9.17, 15) is 9.59 Å². The molecule has 2 aromatic rings. The zero-order valence-corrected chi connectivity index (χ0v) is 19.0. The van der Waals surface area contributed by atoms with Gasteiger partial charge in [-0.25, -0.2) is 9.31 Å². The summed E-state index contributed by atoms with van der Waals surface area (Å²) < 4.78 is 7.24. The molecule has 0 bridgehead atoms. The zero-order valence-electron chi connectivity index (χ0n) is 19.0. The fraction of sp³-hybridized carbons (Fsp3) is 0.625. The fourth-order valence-corrected chi connectivity index (χ4v) is 5.60. The first-order chi connectivity index (χ1) is 15.5. The van der Waals surface area contributed by atoms with Crippen LogP contribution in [0.4, 0.5) is 10.5 Å². The van der Waals surface area contributed by atoms with Crippen LogP contribution in [-0.4, -0.2) is 65.3 Å². The molecular formula is C24H33N5O3. The third-order valence-corrected chi connectivity index (χ3v) is 7.58. The summed E-state index contributed by atoms with van der Waals surface area (Å²) in [6.45, 7) is 5.13. The number of aromatic nitrogens is 2. The van der Waals surface area contributed by atoms with E-state index >= 15 is 0 Å². The SMILES string of the molecule is CO[C@H]1C[C@@H](CN2CC[C@@H](Cc3ccn4ncc(N5CCC(=O)NC5=O)c4c3)C[C@@H]2C)C1. The van der Waals surface area contributed by atoms with Crippen molar-refractivity contribution < 1.29 is 14.3 Å². The molecule has 8 nitrogen and oxygen atoms in total. The van der Waals surface area contributed by atoms with Crippen LogP contribution >= 0.6 is 0 Å². The van der Waals surface area contributed by atoms with E-state index in [1.807, 2.05) is 13.3 Å². The van der Waals surface area contributed by atoms with Gasteiger partial charge in [-0.05, 0) is 75.1 Å². The Balaban J connectivity index is 1.22. The Hall–Kier alpha value is -2.45. The molecule has 0 spiro atoms. The summed E-state index contributed by atoms with van der Waals surface area (Å²) in [4.78, 5) is 28.1. The molecular weight excluding hydrogens is 406 g/mol. The van der Waals surface area contributed by atoms with Crippen LogP contribution in [-0.2, 0) is 16.0 Å². The maximum Gasteiger partial charge on any atom is 0.328 e. The largest absolute Gasteiger partial charge is 0.381 e. The van der Waals surface area contributed by atoms with Gasteiger partial charge in [-0.2, -0.15) is 5.10 Å². The predicted octanol–water partition coefficient (Wildman–Crippen LogP) is 2.85. The van der Waals surface area contributed by atoms with Crippen molar-refractivity contribution in [3.63, 3.8) is 0 Å². The van der Waals surface area contributed by atoms with Crippen molar-refractivity contribution in [2.75, 3.05) is 31.6 Å². The van der Waals surface area contributed by atoms with Gasteiger partial charge in [0.15, 0.2) is 0 Å². The first-order valence-corrected chi connectivity index (χ1v) is 11.8. The number of pyridine rings is 1. The van der Waals surface area contributed by atoms with Crippen molar-refractivity contribution in [2.24, 2.45) is 11.8 Å². The van der Waals surface area contributed by atoms with Gasteiger partial charge >= 0.3 is 6.03 Å². The van der Waals surface area contributed by atoms with Crippen LogP contribution in [0.2, 0.25) is 0 Å². The topological polar surface area (TPSA) is 79.2 Å². The van der Waals surface area contributed by atoms with Crippen LogP contribution in [0.15, 0.2) is 24.5 Å². The highest BCUT2D eigenvalue weighted by Gasteiger charge is 2.33. The number of methoxy groups -OCH3 is 1. The van der Waals surface area contributed by atoms with Crippen LogP contribution < -0.4 is 10.2 Å². The molecule has 172 valence electrons. The molecule has 2 saturated heterocycles. The highest BCUT2D eigenvalue weighted by Crippen LogP contribution is 2.34. The van der Waals surface area contributed by atoms with Gasteiger partial charge in [-0.1, -0.05) is 0 Å². The molecule has 0 unspecified atom stereocenters. The lowest BCUT2D eigenvalue weighted by molar-refractivity contribution is -0.120. The molecule has 3 aliphatic rings. The smallest absolute Gasteiger partial charge is 0.328 e. The van der Waals surface area contributed by atoms with Gasteiger partial charge in [-0.3, -0.25) is 15.0 Å². The van der Waals surface area contributed by atoms with Gasteiger partial charge in [-0.15, -0.1) is 0 Å². The molecule has 0 aromatic carbocycles. The Labute approximate surface area is 188 Å². The molecule has 1 N–H and O–H groups in total. The van der Waals surface area contributed by atoms with Gasteiger partial charge in [0.2, 0.25) is 5.91 Å². The van der Waals surface area contributed by atoms with E-state index in [0.717, 1.165) is 23.5 Å². The molecule has 1 saturated carbocycles. The molecule has 2 aliphatic heterocycles. The van der Waals surface area contributed by atoms with Gasteiger partial charge in [0.1, 0.15) is 0 Å².